The van der Waals surface area contributed by atoms with Gasteiger partial charge < -0.3 is 15.2 Å². The number of hydrogen-bond acceptors (Lipinski definition) is 6. The van der Waals surface area contributed by atoms with E-state index in [9.17, 15) is 4.79 Å². The number of para-hydroxylation sites is 1. The second kappa shape index (κ2) is 6.49. The Balaban J connectivity index is 1.72. The Hall–Kier alpha value is -3.22. The minimum atomic E-state index is -0.394. The van der Waals surface area contributed by atoms with Crippen LogP contribution in [0, 0.1) is 20.8 Å². The Bertz CT molecular complexity index is 851. The van der Waals surface area contributed by atoms with Gasteiger partial charge in [-0.05, 0) is 44.0 Å². The first-order chi connectivity index (χ1) is 11.5. The van der Waals surface area contributed by atoms with Crippen LogP contribution in [0.1, 0.15) is 27.4 Å². The van der Waals surface area contributed by atoms with Crippen LogP contribution >= 0.6 is 0 Å². The van der Waals surface area contributed by atoms with E-state index in [1.54, 1.807) is 25.1 Å². The molecular weight excluding hydrogens is 306 g/mol. The zero-order chi connectivity index (χ0) is 17.1. The molecule has 0 bridgehead atoms. The zero-order valence-corrected chi connectivity index (χ0v) is 13.6. The van der Waals surface area contributed by atoms with Crippen molar-refractivity contribution < 1.29 is 9.32 Å². The van der Waals surface area contributed by atoms with Gasteiger partial charge in [-0.2, -0.15) is 0 Å². The third-order valence-electron chi connectivity index (χ3n) is 3.50. The Morgan fingerprint density at radius 1 is 1.00 bits per heavy atom. The first-order valence-corrected chi connectivity index (χ1v) is 7.44. The number of carbonyl (C=O) groups is 1. The molecule has 0 spiro atoms. The molecule has 0 aliphatic heterocycles. The Morgan fingerprint density at radius 3 is 2.33 bits per heavy atom. The first kappa shape index (κ1) is 15.7. The highest BCUT2D eigenvalue weighted by Gasteiger charge is 2.11. The number of anilines is 3. The number of rotatable bonds is 4. The van der Waals surface area contributed by atoms with Crippen LogP contribution in [-0.2, 0) is 0 Å². The molecule has 1 aromatic carbocycles. The number of amides is 1. The van der Waals surface area contributed by atoms with Gasteiger partial charge in [-0.15, -0.1) is 10.2 Å². The van der Waals surface area contributed by atoms with Gasteiger partial charge in [0.05, 0.1) is 0 Å². The molecule has 2 N–H and O–H groups in total. The molecule has 0 saturated carbocycles. The summed E-state index contributed by atoms with van der Waals surface area (Å²) in [6, 6.07) is 11.0. The molecule has 0 aliphatic rings. The number of nitrogens with zero attached hydrogens (tertiary/aromatic N) is 3. The molecule has 0 fully saturated rings. The highest BCUT2D eigenvalue weighted by Crippen LogP contribution is 2.22. The Labute approximate surface area is 139 Å². The van der Waals surface area contributed by atoms with E-state index in [-0.39, 0.29) is 5.69 Å². The van der Waals surface area contributed by atoms with Crippen LogP contribution in [0.2, 0.25) is 0 Å². The van der Waals surface area contributed by atoms with Crippen LogP contribution in [0.25, 0.3) is 0 Å². The molecule has 0 aliphatic carbocycles. The molecule has 7 nitrogen and oxygen atoms in total. The number of nitrogens with one attached hydrogen (secondary N) is 2. The lowest BCUT2D eigenvalue weighted by Gasteiger charge is -2.11. The molecule has 2 heterocycles. The van der Waals surface area contributed by atoms with Crippen molar-refractivity contribution in [2.24, 2.45) is 0 Å². The number of hydrogen-bond donors (Lipinski definition) is 2. The van der Waals surface area contributed by atoms with Crippen LogP contribution in [0.15, 0.2) is 40.9 Å². The predicted molar refractivity (Wildman–Crippen MR) is 90.4 cm³/mol. The number of aromatic nitrogens is 3. The van der Waals surface area contributed by atoms with Crippen molar-refractivity contribution in [3.05, 3.63) is 59.0 Å². The lowest BCUT2D eigenvalue weighted by Crippen LogP contribution is -2.14. The highest BCUT2D eigenvalue weighted by atomic mass is 16.5. The number of benzene rings is 1. The second-order valence-electron chi connectivity index (χ2n) is 5.47. The summed E-state index contributed by atoms with van der Waals surface area (Å²) in [5.74, 6) is 1.14. The number of aryl methyl sites for hydroxylation is 3. The standard InChI is InChI=1S/C17H17N5O2/c1-10-5-4-6-11(2)16(10)18-14-8-7-13(20-21-14)17(23)19-15-9-12(3)24-22-15/h4-9H,1-3H3,(H,18,21)(H,19,22,23). The summed E-state index contributed by atoms with van der Waals surface area (Å²) < 4.78 is 4.90. The van der Waals surface area contributed by atoms with Gasteiger partial charge in [-0.25, -0.2) is 0 Å². The lowest BCUT2D eigenvalue weighted by atomic mass is 10.1. The maximum absolute atomic E-state index is 12.1. The average molecular weight is 323 g/mol. The van der Waals surface area contributed by atoms with E-state index in [1.807, 2.05) is 32.0 Å². The van der Waals surface area contributed by atoms with E-state index in [0.717, 1.165) is 16.8 Å². The summed E-state index contributed by atoms with van der Waals surface area (Å²) in [6.45, 7) is 5.78. The molecule has 122 valence electrons. The van der Waals surface area contributed by atoms with Crippen LogP contribution in [0.5, 0.6) is 0 Å². The largest absolute Gasteiger partial charge is 0.360 e. The van der Waals surface area contributed by atoms with E-state index in [2.05, 4.69) is 26.0 Å². The van der Waals surface area contributed by atoms with E-state index in [1.165, 1.54) is 0 Å². The fourth-order valence-corrected chi connectivity index (χ4v) is 2.27. The summed E-state index contributed by atoms with van der Waals surface area (Å²) in [4.78, 5) is 12.1. The molecule has 24 heavy (non-hydrogen) atoms. The van der Waals surface area contributed by atoms with Crippen LogP contribution < -0.4 is 10.6 Å². The van der Waals surface area contributed by atoms with Crippen molar-refractivity contribution in [1.82, 2.24) is 15.4 Å². The summed E-state index contributed by atoms with van der Waals surface area (Å²) >= 11 is 0. The second-order valence-corrected chi connectivity index (χ2v) is 5.47. The van der Waals surface area contributed by atoms with Crippen molar-refractivity contribution >= 4 is 23.2 Å². The first-order valence-electron chi connectivity index (χ1n) is 7.44. The van der Waals surface area contributed by atoms with Crippen molar-refractivity contribution in [2.45, 2.75) is 20.8 Å². The summed E-state index contributed by atoms with van der Waals surface area (Å²) in [5.41, 5.74) is 3.41. The van der Waals surface area contributed by atoms with Crippen molar-refractivity contribution in [1.29, 1.82) is 0 Å². The van der Waals surface area contributed by atoms with Gasteiger partial charge in [0, 0.05) is 11.8 Å². The molecule has 7 heteroatoms. The molecule has 1 amide bonds. The molecule has 0 radical (unpaired) electrons. The van der Waals surface area contributed by atoms with Gasteiger partial charge in [0.25, 0.3) is 5.91 Å². The van der Waals surface area contributed by atoms with E-state index in [0.29, 0.717) is 17.4 Å². The van der Waals surface area contributed by atoms with Crippen LogP contribution in [0.3, 0.4) is 0 Å². The summed E-state index contributed by atoms with van der Waals surface area (Å²) in [7, 11) is 0. The maximum atomic E-state index is 12.1. The van der Waals surface area contributed by atoms with Gasteiger partial charge in [0.2, 0.25) is 0 Å². The van der Waals surface area contributed by atoms with E-state index in [4.69, 9.17) is 4.52 Å². The monoisotopic (exact) mass is 323 g/mol. The molecule has 3 aromatic rings. The molecule has 0 saturated heterocycles. The normalized spacial score (nSPS) is 10.5. The van der Waals surface area contributed by atoms with Crippen LogP contribution in [-0.4, -0.2) is 21.3 Å². The van der Waals surface area contributed by atoms with Gasteiger partial charge in [0.15, 0.2) is 17.3 Å². The van der Waals surface area contributed by atoms with Crippen molar-refractivity contribution in [2.75, 3.05) is 10.6 Å². The SMILES string of the molecule is Cc1cc(NC(=O)c2ccc(Nc3c(C)cccc3C)nn2)no1. The summed E-state index contributed by atoms with van der Waals surface area (Å²) in [6.07, 6.45) is 0. The highest BCUT2D eigenvalue weighted by molar-refractivity contribution is 6.02. The number of carbonyl (C=O) groups excluding carboxylic acids is 1. The summed E-state index contributed by atoms with van der Waals surface area (Å²) in [5, 5.41) is 17.5. The fourth-order valence-electron chi connectivity index (χ4n) is 2.27. The average Bonchev–Trinajstić information content (AvgIpc) is 2.96. The molecule has 3 rings (SSSR count). The Kier molecular flexibility index (Phi) is 4.24. The Morgan fingerprint density at radius 2 is 1.75 bits per heavy atom. The quantitative estimate of drug-likeness (QED) is 0.764. The minimum Gasteiger partial charge on any atom is -0.360 e. The fraction of sp³-hybridized carbons (Fsp3) is 0.176. The van der Waals surface area contributed by atoms with Gasteiger partial charge in [0.1, 0.15) is 5.76 Å². The minimum absolute atomic E-state index is 0.197. The van der Waals surface area contributed by atoms with E-state index < -0.39 is 5.91 Å². The third kappa shape index (κ3) is 3.40. The predicted octanol–water partition coefficient (Wildman–Crippen LogP) is 3.39. The van der Waals surface area contributed by atoms with Gasteiger partial charge >= 0.3 is 0 Å². The molecule has 2 aromatic heterocycles. The van der Waals surface area contributed by atoms with Gasteiger partial charge in [-0.3, -0.25) is 4.79 Å². The lowest BCUT2D eigenvalue weighted by molar-refractivity contribution is 0.102. The molecular formula is C17H17N5O2. The molecule has 0 unspecified atom stereocenters. The molecule has 0 atom stereocenters. The smallest absolute Gasteiger partial charge is 0.277 e. The maximum Gasteiger partial charge on any atom is 0.277 e. The zero-order valence-electron chi connectivity index (χ0n) is 13.6. The van der Waals surface area contributed by atoms with E-state index >= 15 is 0 Å². The van der Waals surface area contributed by atoms with Crippen LogP contribution in [0.4, 0.5) is 17.3 Å². The third-order valence-corrected chi connectivity index (χ3v) is 3.50. The topological polar surface area (TPSA) is 92.9 Å². The van der Waals surface area contributed by atoms with Crippen molar-refractivity contribution in [3.8, 4) is 0 Å². The van der Waals surface area contributed by atoms with Gasteiger partial charge in [-0.1, -0.05) is 23.4 Å². The van der Waals surface area contributed by atoms with Crippen molar-refractivity contribution in [3.63, 3.8) is 0 Å².